The lowest BCUT2D eigenvalue weighted by atomic mass is 10.1. The number of fused-ring (bicyclic) bond motifs is 1. The Morgan fingerprint density at radius 3 is 2.59 bits per heavy atom. The maximum absolute atomic E-state index is 5.87. The predicted octanol–water partition coefficient (Wildman–Crippen LogP) is 2.89. The zero-order chi connectivity index (χ0) is 10.7. The molecule has 0 atom stereocenters. The molecule has 17 heavy (non-hydrogen) atoms. The molecule has 6 heteroatoms. The van der Waals surface area contributed by atoms with Gasteiger partial charge in [-0.1, -0.05) is 11.6 Å². The Kier molecular flexibility index (Phi) is 7.39. The molecule has 2 aromatic heterocycles. The fraction of sp³-hybridized carbons (Fsp3) is 0.273. The van der Waals surface area contributed by atoms with Gasteiger partial charge in [0.05, 0.1) is 5.02 Å². The van der Waals surface area contributed by atoms with Gasteiger partial charge in [0.15, 0.2) is 5.65 Å². The fourth-order valence-corrected chi connectivity index (χ4v) is 1.62. The van der Waals surface area contributed by atoms with Crippen LogP contribution in [0.1, 0.15) is 5.56 Å². The first-order valence-electron chi connectivity index (χ1n) is 4.84. The van der Waals surface area contributed by atoms with Crippen molar-refractivity contribution in [2.24, 2.45) is 0 Å². The average Bonchev–Trinajstić information content (AvgIpc) is 2.25. The number of hydrogen-bond acceptors (Lipinski definition) is 3. The molecule has 1 N–H and O–H groups in total. The average molecular weight is 295 g/mol. The Balaban J connectivity index is 0.00000128. The summed E-state index contributed by atoms with van der Waals surface area (Å²) in [7, 11) is 1.94. The third-order valence-corrected chi connectivity index (χ3v) is 2.43. The first-order valence-corrected chi connectivity index (χ1v) is 5.22. The first-order chi connectivity index (χ1) is 7.29. The molecule has 0 saturated heterocycles. The Bertz CT molecular complexity index is 476. The van der Waals surface area contributed by atoms with Crippen molar-refractivity contribution in [3.8, 4) is 0 Å². The predicted molar refractivity (Wildman–Crippen MR) is 76.7 cm³/mol. The fourth-order valence-electron chi connectivity index (χ4n) is 1.45. The van der Waals surface area contributed by atoms with Crippen LogP contribution in [0, 0.1) is 0 Å². The Morgan fingerprint density at radius 2 is 1.88 bits per heavy atom. The standard InChI is InChI=1S/C11H12ClN3.2ClH/c1-13-3-2-8-4-9-5-10(12)7-15-11(9)14-6-8;;/h4-7,13H,2-3H2,1H3;2*1H. The molecule has 0 spiro atoms. The molecule has 0 aromatic carbocycles. The number of pyridine rings is 2. The van der Waals surface area contributed by atoms with E-state index in [-0.39, 0.29) is 24.8 Å². The quantitative estimate of drug-likeness (QED) is 0.946. The molecule has 0 aliphatic carbocycles. The van der Waals surface area contributed by atoms with Gasteiger partial charge in [-0.25, -0.2) is 9.97 Å². The van der Waals surface area contributed by atoms with Gasteiger partial charge in [0.1, 0.15) is 0 Å². The van der Waals surface area contributed by atoms with Crippen LogP contribution in [0.2, 0.25) is 5.02 Å². The molecule has 0 amide bonds. The summed E-state index contributed by atoms with van der Waals surface area (Å²) in [5.41, 5.74) is 1.94. The van der Waals surface area contributed by atoms with Crippen LogP contribution in [0.4, 0.5) is 0 Å². The van der Waals surface area contributed by atoms with Crippen molar-refractivity contribution < 1.29 is 0 Å². The van der Waals surface area contributed by atoms with Crippen molar-refractivity contribution in [1.29, 1.82) is 0 Å². The van der Waals surface area contributed by atoms with Gasteiger partial charge in [0.25, 0.3) is 0 Å². The summed E-state index contributed by atoms with van der Waals surface area (Å²) in [5.74, 6) is 0. The summed E-state index contributed by atoms with van der Waals surface area (Å²) in [6.45, 7) is 0.946. The van der Waals surface area contributed by atoms with Crippen LogP contribution >= 0.6 is 36.4 Å². The Hall–Kier alpha value is -0.610. The van der Waals surface area contributed by atoms with Gasteiger partial charge in [-0.2, -0.15) is 0 Å². The molecule has 0 aliphatic heterocycles. The van der Waals surface area contributed by atoms with Crippen molar-refractivity contribution in [3.05, 3.63) is 35.1 Å². The summed E-state index contributed by atoms with van der Waals surface area (Å²) in [6.07, 6.45) is 4.44. The Labute approximate surface area is 118 Å². The highest BCUT2D eigenvalue weighted by Gasteiger charge is 1.99. The zero-order valence-corrected chi connectivity index (χ0v) is 11.7. The van der Waals surface area contributed by atoms with Gasteiger partial charge in [-0.05, 0) is 37.7 Å². The van der Waals surface area contributed by atoms with E-state index in [1.54, 1.807) is 6.20 Å². The second-order valence-electron chi connectivity index (χ2n) is 3.40. The van der Waals surface area contributed by atoms with E-state index in [2.05, 4.69) is 21.4 Å². The molecule has 3 nitrogen and oxygen atoms in total. The van der Waals surface area contributed by atoms with Crippen LogP contribution in [0.3, 0.4) is 0 Å². The maximum Gasteiger partial charge on any atom is 0.159 e. The van der Waals surface area contributed by atoms with Gasteiger partial charge in [-0.15, -0.1) is 24.8 Å². The second kappa shape index (κ2) is 7.67. The SMILES string of the molecule is CNCCc1cnc2ncc(Cl)cc2c1.Cl.Cl. The second-order valence-corrected chi connectivity index (χ2v) is 3.83. The maximum atomic E-state index is 5.87. The normalized spacial score (nSPS) is 9.53. The van der Waals surface area contributed by atoms with Crippen molar-refractivity contribution in [2.45, 2.75) is 6.42 Å². The molecule has 0 saturated carbocycles. The minimum atomic E-state index is 0. The van der Waals surface area contributed by atoms with Crippen molar-refractivity contribution in [3.63, 3.8) is 0 Å². The summed E-state index contributed by atoms with van der Waals surface area (Å²) in [6, 6.07) is 3.97. The molecule has 2 rings (SSSR count). The van der Waals surface area contributed by atoms with E-state index in [4.69, 9.17) is 11.6 Å². The summed E-state index contributed by atoms with van der Waals surface area (Å²) < 4.78 is 0. The number of nitrogens with zero attached hydrogens (tertiary/aromatic N) is 2. The number of hydrogen-bond donors (Lipinski definition) is 1. The molecular weight excluding hydrogens is 281 g/mol. The summed E-state index contributed by atoms with van der Waals surface area (Å²) >= 11 is 5.87. The highest BCUT2D eigenvalue weighted by Crippen LogP contribution is 2.16. The summed E-state index contributed by atoms with van der Waals surface area (Å²) in [5, 5.41) is 4.75. The summed E-state index contributed by atoms with van der Waals surface area (Å²) in [4.78, 5) is 8.42. The van der Waals surface area contributed by atoms with Crippen LogP contribution in [0.5, 0.6) is 0 Å². The molecule has 94 valence electrons. The number of rotatable bonds is 3. The molecule has 2 aromatic rings. The van der Waals surface area contributed by atoms with Crippen molar-refractivity contribution >= 4 is 47.4 Å². The van der Waals surface area contributed by atoms with Crippen LogP contribution < -0.4 is 5.32 Å². The monoisotopic (exact) mass is 293 g/mol. The van der Waals surface area contributed by atoms with Gasteiger partial charge >= 0.3 is 0 Å². The van der Waals surface area contributed by atoms with Crippen LogP contribution in [0.15, 0.2) is 24.5 Å². The number of halogens is 3. The van der Waals surface area contributed by atoms with E-state index >= 15 is 0 Å². The minimum absolute atomic E-state index is 0. The third-order valence-electron chi connectivity index (χ3n) is 2.22. The molecule has 0 unspecified atom stereocenters. The smallest absolute Gasteiger partial charge is 0.159 e. The van der Waals surface area contributed by atoms with Crippen LogP contribution in [-0.4, -0.2) is 23.6 Å². The van der Waals surface area contributed by atoms with E-state index in [1.807, 2.05) is 19.3 Å². The highest BCUT2D eigenvalue weighted by atomic mass is 35.5. The topological polar surface area (TPSA) is 37.8 Å². The largest absolute Gasteiger partial charge is 0.319 e. The lowest BCUT2D eigenvalue weighted by molar-refractivity contribution is 0.790. The van der Waals surface area contributed by atoms with Gasteiger partial charge in [0, 0.05) is 17.8 Å². The van der Waals surface area contributed by atoms with E-state index in [0.29, 0.717) is 5.02 Å². The van der Waals surface area contributed by atoms with E-state index in [9.17, 15) is 0 Å². The number of likely N-dealkylation sites (N-methyl/N-ethyl adjacent to an activating group) is 1. The molecule has 0 aliphatic rings. The van der Waals surface area contributed by atoms with Gasteiger partial charge in [0.2, 0.25) is 0 Å². The minimum Gasteiger partial charge on any atom is -0.319 e. The Morgan fingerprint density at radius 1 is 1.18 bits per heavy atom. The molecule has 0 fully saturated rings. The molecule has 0 bridgehead atoms. The van der Waals surface area contributed by atoms with Crippen LogP contribution in [-0.2, 0) is 6.42 Å². The van der Waals surface area contributed by atoms with E-state index in [0.717, 1.165) is 24.0 Å². The number of nitrogens with one attached hydrogen (secondary N) is 1. The van der Waals surface area contributed by atoms with E-state index in [1.165, 1.54) is 5.56 Å². The van der Waals surface area contributed by atoms with Gasteiger partial charge in [-0.3, -0.25) is 0 Å². The third kappa shape index (κ3) is 4.28. The number of aromatic nitrogens is 2. The molecular formula is C11H14Cl3N3. The van der Waals surface area contributed by atoms with Crippen LogP contribution in [0.25, 0.3) is 11.0 Å². The lowest BCUT2D eigenvalue weighted by Crippen LogP contribution is -2.10. The van der Waals surface area contributed by atoms with Gasteiger partial charge < -0.3 is 5.32 Å². The first kappa shape index (κ1) is 16.4. The molecule has 2 heterocycles. The zero-order valence-electron chi connectivity index (χ0n) is 9.31. The molecule has 0 radical (unpaired) electrons. The highest BCUT2D eigenvalue weighted by molar-refractivity contribution is 6.31. The van der Waals surface area contributed by atoms with E-state index < -0.39 is 0 Å². The lowest BCUT2D eigenvalue weighted by Gasteiger charge is -2.02. The van der Waals surface area contributed by atoms with Crippen molar-refractivity contribution in [2.75, 3.05) is 13.6 Å². The van der Waals surface area contributed by atoms with Crippen molar-refractivity contribution in [1.82, 2.24) is 15.3 Å².